The number of rotatable bonds is 19. The Morgan fingerprint density at radius 2 is 1.30 bits per heavy atom. The van der Waals surface area contributed by atoms with Crippen LogP contribution < -0.4 is 33.2 Å². The standard InChI is InChI=1S/C25H38N6O9/c26-12-2-1-3-16(27)22(36)31-19(13-14-4-6-15(32)7-5-14)24(38)29-17(8-10-20(28)33)23(37)30-18(25(39)40)9-11-21(34)35/h4-7,16-19,32H,1-3,8-13,26-27H2,(H2,28,33)(H,29,38)(H,30,37)(H,31,36)(H,34,35)(H,39,40). The summed E-state index contributed by atoms with van der Waals surface area (Å²) in [5, 5.41) is 34.9. The number of benzene rings is 1. The number of carboxylic acid groups (broad SMARTS) is 2. The van der Waals surface area contributed by atoms with Gasteiger partial charge in [-0.1, -0.05) is 18.6 Å². The SMILES string of the molecule is NCCCCC(N)C(=O)NC(Cc1ccc(O)cc1)C(=O)NC(CCC(N)=O)C(=O)NC(CCC(=O)O)C(=O)O. The Bertz CT molecular complexity index is 1030. The third-order valence-corrected chi connectivity index (χ3v) is 5.89. The summed E-state index contributed by atoms with van der Waals surface area (Å²) in [6.45, 7) is 0.425. The van der Waals surface area contributed by atoms with Gasteiger partial charge in [-0.3, -0.25) is 24.0 Å². The van der Waals surface area contributed by atoms with Gasteiger partial charge in [0.1, 0.15) is 23.9 Å². The Morgan fingerprint density at radius 3 is 1.85 bits per heavy atom. The van der Waals surface area contributed by atoms with E-state index in [1.807, 2.05) is 0 Å². The molecule has 0 aliphatic carbocycles. The van der Waals surface area contributed by atoms with Crippen molar-refractivity contribution in [3.8, 4) is 5.75 Å². The number of carboxylic acids is 2. The van der Waals surface area contributed by atoms with Crippen LogP contribution in [0.25, 0.3) is 0 Å². The van der Waals surface area contributed by atoms with E-state index in [0.717, 1.165) is 0 Å². The number of aromatic hydroxyl groups is 1. The van der Waals surface area contributed by atoms with Crippen LogP contribution in [0.15, 0.2) is 24.3 Å². The molecule has 4 amide bonds. The van der Waals surface area contributed by atoms with E-state index in [0.29, 0.717) is 31.4 Å². The molecule has 1 aromatic carbocycles. The van der Waals surface area contributed by atoms with Crippen molar-refractivity contribution in [2.24, 2.45) is 17.2 Å². The molecule has 222 valence electrons. The zero-order valence-electron chi connectivity index (χ0n) is 22.0. The molecule has 0 heterocycles. The summed E-state index contributed by atoms with van der Waals surface area (Å²) in [6.07, 6.45) is -0.110. The van der Waals surface area contributed by atoms with Crippen molar-refractivity contribution in [1.82, 2.24) is 16.0 Å². The highest BCUT2D eigenvalue weighted by Crippen LogP contribution is 2.12. The van der Waals surface area contributed by atoms with Crippen LogP contribution in [0.5, 0.6) is 5.75 Å². The van der Waals surface area contributed by atoms with Crippen molar-refractivity contribution in [2.75, 3.05) is 6.54 Å². The topological polar surface area (TPSA) is 277 Å². The van der Waals surface area contributed by atoms with Gasteiger partial charge in [-0.15, -0.1) is 0 Å². The Morgan fingerprint density at radius 1 is 0.750 bits per heavy atom. The van der Waals surface area contributed by atoms with Gasteiger partial charge in [-0.25, -0.2) is 4.79 Å². The van der Waals surface area contributed by atoms with E-state index in [1.54, 1.807) is 0 Å². The lowest BCUT2D eigenvalue weighted by molar-refractivity contribution is -0.143. The minimum Gasteiger partial charge on any atom is -0.508 e. The number of hydrogen-bond donors (Lipinski definition) is 9. The van der Waals surface area contributed by atoms with E-state index in [-0.39, 0.29) is 25.0 Å². The van der Waals surface area contributed by atoms with Crippen molar-refractivity contribution in [3.63, 3.8) is 0 Å². The van der Waals surface area contributed by atoms with E-state index < -0.39 is 72.6 Å². The van der Waals surface area contributed by atoms with Crippen LogP contribution in [-0.4, -0.2) is 81.6 Å². The molecule has 0 radical (unpaired) electrons. The molecule has 0 spiro atoms. The molecule has 0 saturated carbocycles. The molecule has 1 aromatic rings. The number of primary amides is 1. The predicted molar refractivity (Wildman–Crippen MR) is 141 cm³/mol. The minimum atomic E-state index is -1.57. The number of nitrogens with one attached hydrogen (secondary N) is 3. The molecule has 4 unspecified atom stereocenters. The van der Waals surface area contributed by atoms with E-state index in [4.69, 9.17) is 22.3 Å². The molecule has 4 atom stereocenters. The lowest BCUT2D eigenvalue weighted by atomic mass is 10.0. The van der Waals surface area contributed by atoms with Crippen molar-refractivity contribution in [3.05, 3.63) is 29.8 Å². The first-order valence-corrected chi connectivity index (χ1v) is 12.7. The van der Waals surface area contributed by atoms with Crippen molar-refractivity contribution < 1.29 is 44.1 Å². The molecule has 0 saturated heterocycles. The second kappa shape index (κ2) is 17.4. The van der Waals surface area contributed by atoms with Gasteiger partial charge in [0.05, 0.1) is 6.04 Å². The average Bonchev–Trinajstić information content (AvgIpc) is 2.88. The smallest absolute Gasteiger partial charge is 0.326 e. The van der Waals surface area contributed by atoms with Gasteiger partial charge in [-0.05, 0) is 49.9 Å². The molecular formula is C25H38N6O9. The van der Waals surface area contributed by atoms with Gasteiger partial charge >= 0.3 is 11.9 Å². The molecule has 0 bridgehead atoms. The minimum absolute atomic E-state index is 0.0187. The normalized spacial score (nSPS) is 13.8. The number of amides is 4. The van der Waals surface area contributed by atoms with Crippen molar-refractivity contribution in [1.29, 1.82) is 0 Å². The number of hydrogen-bond acceptors (Lipinski definition) is 9. The van der Waals surface area contributed by atoms with Crippen LogP contribution in [0.1, 0.15) is 50.5 Å². The van der Waals surface area contributed by atoms with Crippen molar-refractivity contribution >= 4 is 35.6 Å². The number of nitrogens with two attached hydrogens (primary N) is 3. The summed E-state index contributed by atoms with van der Waals surface area (Å²) in [5.74, 6) is -6.02. The number of unbranched alkanes of at least 4 members (excludes halogenated alkanes) is 1. The Kier molecular flexibility index (Phi) is 14.7. The maximum absolute atomic E-state index is 13.3. The lowest BCUT2D eigenvalue weighted by Crippen LogP contribution is -2.57. The van der Waals surface area contributed by atoms with Gasteiger partial charge < -0.3 is 48.5 Å². The zero-order valence-corrected chi connectivity index (χ0v) is 22.0. The van der Waals surface area contributed by atoms with Crippen LogP contribution in [0.2, 0.25) is 0 Å². The zero-order chi connectivity index (χ0) is 30.2. The second-order valence-electron chi connectivity index (χ2n) is 9.22. The summed E-state index contributed by atoms with van der Waals surface area (Å²) >= 11 is 0. The van der Waals surface area contributed by atoms with Crippen molar-refractivity contribution in [2.45, 2.75) is 75.5 Å². The fourth-order valence-electron chi connectivity index (χ4n) is 3.62. The third kappa shape index (κ3) is 13.0. The molecule has 15 heteroatoms. The summed E-state index contributed by atoms with van der Waals surface area (Å²) in [6, 6.07) is 0.624. The first kappa shape index (κ1) is 33.8. The fourth-order valence-corrected chi connectivity index (χ4v) is 3.62. The van der Waals surface area contributed by atoms with Gasteiger partial charge in [0, 0.05) is 19.3 Å². The van der Waals surface area contributed by atoms with Gasteiger partial charge in [-0.2, -0.15) is 0 Å². The van der Waals surface area contributed by atoms with Crippen LogP contribution in [0.3, 0.4) is 0 Å². The maximum Gasteiger partial charge on any atom is 0.326 e. The molecule has 15 nitrogen and oxygen atoms in total. The Hall–Kier alpha value is -4.24. The molecule has 1 rings (SSSR count). The van der Waals surface area contributed by atoms with Crippen LogP contribution in [-0.2, 0) is 35.2 Å². The molecule has 0 aliphatic rings. The van der Waals surface area contributed by atoms with E-state index in [2.05, 4.69) is 16.0 Å². The quantitative estimate of drug-likeness (QED) is 0.0830. The maximum atomic E-state index is 13.3. The first-order valence-electron chi connectivity index (χ1n) is 12.7. The largest absolute Gasteiger partial charge is 0.508 e. The summed E-state index contributed by atoms with van der Waals surface area (Å²) in [5.41, 5.74) is 17.2. The average molecular weight is 567 g/mol. The highest BCUT2D eigenvalue weighted by atomic mass is 16.4. The summed E-state index contributed by atoms with van der Waals surface area (Å²) in [4.78, 5) is 72.7. The molecule has 40 heavy (non-hydrogen) atoms. The summed E-state index contributed by atoms with van der Waals surface area (Å²) in [7, 11) is 0. The first-order chi connectivity index (χ1) is 18.8. The second-order valence-corrected chi connectivity index (χ2v) is 9.22. The van der Waals surface area contributed by atoms with E-state index >= 15 is 0 Å². The molecule has 0 aliphatic heterocycles. The Balaban J connectivity index is 3.13. The van der Waals surface area contributed by atoms with Crippen LogP contribution in [0, 0.1) is 0 Å². The highest BCUT2D eigenvalue weighted by molar-refractivity contribution is 5.94. The molecular weight excluding hydrogens is 528 g/mol. The van der Waals surface area contributed by atoms with Gasteiger partial charge in [0.15, 0.2) is 0 Å². The number of phenolic OH excluding ortho intramolecular Hbond substituents is 1. The lowest BCUT2D eigenvalue weighted by Gasteiger charge is -2.25. The predicted octanol–water partition coefficient (Wildman–Crippen LogP) is -1.94. The van der Waals surface area contributed by atoms with Crippen LogP contribution >= 0.6 is 0 Å². The number of aliphatic carboxylic acids is 2. The van der Waals surface area contributed by atoms with Crippen LogP contribution in [0.4, 0.5) is 0 Å². The third-order valence-electron chi connectivity index (χ3n) is 5.89. The van der Waals surface area contributed by atoms with E-state index in [9.17, 15) is 39.0 Å². The van der Waals surface area contributed by atoms with E-state index in [1.165, 1.54) is 24.3 Å². The number of carbonyl (C=O) groups is 6. The highest BCUT2D eigenvalue weighted by Gasteiger charge is 2.31. The van der Waals surface area contributed by atoms with Gasteiger partial charge in [0.2, 0.25) is 23.6 Å². The molecule has 12 N–H and O–H groups in total. The monoisotopic (exact) mass is 566 g/mol. The molecule has 0 fully saturated rings. The molecule has 0 aromatic heterocycles. The Labute approximate surface area is 230 Å². The summed E-state index contributed by atoms with van der Waals surface area (Å²) < 4.78 is 0. The number of phenols is 1. The fraction of sp³-hybridized carbons (Fsp3) is 0.520. The number of carbonyl (C=O) groups excluding carboxylic acids is 4. The van der Waals surface area contributed by atoms with Gasteiger partial charge in [0.25, 0.3) is 0 Å².